The van der Waals surface area contributed by atoms with Gasteiger partial charge in [0.1, 0.15) is 35.2 Å². The lowest BCUT2D eigenvalue weighted by Crippen LogP contribution is -2.35. The molecule has 0 aliphatic carbocycles. The second-order valence-electron chi connectivity index (χ2n) is 16.4. The van der Waals surface area contributed by atoms with Crippen molar-refractivity contribution in [3.8, 4) is 45.5 Å². The van der Waals surface area contributed by atoms with Gasteiger partial charge in [-0.05, 0) is 36.4 Å². The van der Waals surface area contributed by atoms with Gasteiger partial charge in [-0.15, -0.1) is 0 Å². The molecule has 4 heterocycles. The van der Waals surface area contributed by atoms with Gasteiger partial charge in [0.15, 0.2) is 0 Å². The second-order valence-corrected chi connectivity index (χ2v) is 16.4. The molecule has 0 unspecified atom stereocenters. The molecule has 4 aromatic heterocycles. The van der Waals surface area contributed by atoms with E-state index >= 15 is 0 Å². The van der Waals surface area contributed by atoms with Crippen LogP contribution in [0.3, 0.4) is 0 Å². The van der Waals surface area contributed by atoms with Gasteiger partial charge in [0.2, 0.25) is 0 Å². The van der Waals surface area contributed by atoms with Crippen molar-refractivity contribution in [1.82, 2.24) is 39.5 Å². The third-order valence-electron chi connectivity index (χ3n) is 11.1. The van der Waals surface area contributed by atoms with Crippen LogP contribution in [0.4, 0.5) is 22.7 Å². The molecule has 0 fully saturated rings. The molecule has 0 bridgehead atoms. The van der Waals surface area contributed by atoms with Gasteiger partial charge in [-0.25, -0.2) is 9.97 Å². The summed E-state index contributed by atoms with van der Waals surface area (Å²) in [5, 5.41) is 8.46. The molecule has 8 rings (SSSR count). The van der Waals surface area contributed by atoms with E-state index in [1.54, 1.807) is 88.9 Å². The van der Waals surface area contributed by atoms with Crippen molar-refractivity contribution in [2.45, 2.75) is 26.1 Å². The van der Waals surface area contributed by atoms with Gasteiger partial charge in [-0.2, -0.15) is 10.2 Å². The van der Waals surface area contributed by atoms with E-state index in [-0.39, 0.29) is 25.2 Å². The van der Waals surface area contributed by atoms with E-state index in [1.165, 1.54) is 13.8 Å². The number of benzene rings is 4. The van der Waals surface area contributed by atoms with E-state index in [1.807, 2.05) is 97.0 Å². The smallest absolute Gasteiger partial charge is 0.303 e. The highest BCUT2D eigenvalue weighted by Crippen LogP contribution is 2.36. The van der Waals surface area contributed by atoms with Crippen LogP contribution in [0.15, 0.2) is 110 Å². The maximum absolute atomic E-state index is 11.8. The largest absolute Gasteiger partial charge is 0.497 e. The summed E-state index contributed by atoms with van der Waals surface area (Å²) < 4.78 is 47.1. The number of hydrogen-bond acceptors (Lipinski definition) is 18. The SMILES string of the molecule is COC[C@H](CN(c1cc(OC)cc(OC)c1)c1ccc2ncc(-c3cnn(C)c3)nc2c1)OC(C)=O.COC[C@H](CN(c1cc(OC)cc(OC)c1)c1ccc2ncc(-c3cnn(C)c3)nc2c1)OC(C)=O. The Balaban J connectivity index is 0.000000211. The lowest BCUT2D eigenvalue weighted by molar-refractivity contribution is -0.149. The number of aryl methyl sites for hydroxylation is 2. The number of esters is 2. The molecule has 0 saturated heterocycles. The molecule has 0 saturated carbocycles. The number of hydrogen-bond donors (Lipinski definition) is 0. The fourth-order valence-electron chi connectivity index (χ4n) is 7.83. The van der Waals surface area contributed by atoms with Crippen LogP contribution in [-0.4, -0.2) is 133 Å². The van der Waals surface area contributed by atoms with Crippen molar-refractivity contribution >= 4 is 56.8 Å². The van der Waals surface area contributed by atoms with Crippen LogP contribution in [0.1, 0.15) is 13.8 Å². The minimum atomic E-state index is -0.520. The van der Waals surface area contributed by atoms with Crippen molar-refractivity contribution in [2.75, 3.05) is 78.8 Å². The van der Waals surface area contributed by atoms with Gasteiger partial charge in [0.25, 0.3) is 0 Å². The van der Waals surface area contributed by atoms with Crippen molar-refractivity contribution in [3.63, 3.8) is 0 Å². The van der Waals surface area contributed by atoms with Crippen LogP contribution >= 0.6 is 0 Å². The molecule has 72 heavy (non-hydrogen) atoms. The molecule has 8 aromatic rings. The van der Waals surface area contributed by atoms with Crippen LogP contribution in [0.25, 0.3) is 44.6 Å². The summed E-state index contributed by atoms with van der Waals surface area (Å²) in [6.07, 6.45) is 9.72. The Morgan fingerprint density at radius 2 is 0.875 bits per heavy atom. The summed E-state index contributed by atoms with van der Waals surface area (Å²) in [5.74, 6) is 1.75. The Morgan fingerprint density at radius 1 is 0.500 bits per heavy atom. The molecule has 0 aliphatic heterocycles. The van der Waals surface area contributed by atoms with Crippen molar-refractivity contribution in [3.05, 3.63) is 110 Å². The monoisotopic (exact) mass is 982 g/mol. The Kier molecular flexibility index (Phi) is 17.1. The number of nitrogens with zero attached hydrogens (tertiary/aromatic N) is 10. The van der Waals surface area contributed by atoms with Gasteiger partial charge in [-0.1, -0.05) is 0 Å². The molecule has 20 nitrogen and oxygen atoms in total. The second kappa shape index (κ2) is 24.0. The molecule has 0 N–H and O–H groups in total. The zero-order valence-corrected chi connectivity index (χ0v) is 41.9. The first-order valence-electron chi connectivity index (χ1n) is 22.6. The van der Waals surface area contributed by atoms with E-state index in [4.69, 9.17) is 47.9 Å². The van der Waals surface area contributed by atoms with Gasteiger partial charge >= 0.3 is 11.9 Å². The maximum atomic E-state index is 11.8. The van der Waals surface area contributed by atoms with Crippen LogP contribution < -0.4 is 28.7 Å². The highest BCUT2D eigenvalue weighted by molar-refractivity contribution is 5.84. The first-order valence-corrected chi connectivity index (χ1v) is 22.6. The molecule has 20 heteroatoms. The number of carbonyl (C=O) groups is 2. The number of fused-ring (bicyclic) bond motifs is 2. The van der Waals surface area contributed by atoms with Crippen LogP contribution in [-0.2, 0) is 42.6 Å². The van der Waals surface area contributed by atoms with E-state index in [9.17, 15) is 9.59 Å². The van der Waals surface area contributed by atoms with Crippen molar-refractivity contribution < 1.29 is 47.5 Å². The zero-order valence-electron chi connectivity index (χ0n) is 41.9. The Bertz CT molecular complexity index is 2870. The predicted octanol–water partition coefficient (Wildman–Crippen LogP) is 7.53. The van der Waals surface area contributed by atoms with E-state index < -0.39 is 12.2 Å². The van der Waals surface area contributed by atoms with Crippen molar-refractivity contribution in [2.24, 2.45) is 14.1 Å². The van der Waals surface area contributed by atoms with E-state index in [0.717, 1.165) is 56.3 Å². The van der Waals surface area contributed by atoms with Gasteiger partial charge < -0.3 is 47.7 Å². The summed E-state index contributed by atoms with van der Waals surface area (Å²) >= 11 is 0. The average Bonchev–Trinajstić information content (AvgIpc) is 4.03. The number of aromatic nitrogens is 8. The van der Waals surface area contributed by atoms with E-state index in [0.29, 0.717) is 47.1 Å². The molecule has 0 aliphatic rings. The van der Waals surface area contributed by atoms with E-state index in [2.05, 4.69) is 20.2 Å². The number of rotatable bonds is 20. The molecular formula is C52H58N10O10. The van der Waals surface area contributed by atoms with Crippen LogP contribution in [0.5, 0.6) is 23.0 Å². The molecule has 4 aromatic carbocycles. The Hall–Kier alpha value is -8.36. The molecule has 0 amide bonds. The number of anilines is 4. The standard InChI is InChI=1S/2C26H29N5O5/c2*1-17(32)36-23(16-33-3)15-31(20-8-21(34-4)11-22(9-20)35-5)19-6-7-24-25(10-19)29-26(13-27-24)18-12-28-30(2)14-18/h2*6-14,23H,15-16H2,1-5H3/t2*23-/m00/s1. The summed E-state index contributed by atoms with van der Waals surface area (Å²) in [7, 11) is 13.2. The lowest BCUT2D eigenvalue weighted by atomic mass is 10.1. The van der Waals surface area contributed by atoms with Gasteiger partial charge in [-0.3, -0.25) is 28.9 Å². The van der Waals surface area contributed by atoms with Gasteiger partial charge in [0, 0.05) is 125 Å². The molecule has 2 atom stereocenters. The van der Waals surface area contributed by atoms with Crippen LogP contribution in [0.2, 0.25) is 0 Å². The summed E-state index contributed by atoms with van der Waals surface area (Å²) in [4.78, 5) is 46.4. The molecule has 0 radical (unpaired) electrons. The minimum absolute atomic E-state index is 0.232. The van der Waals surface area contributed by atoms with Gasteiger partial charge in [0.05, 0.1) is 113 Å². The number of ether oxygens (including phenoxy) is 8. The molecule has 376 valence electrons. The van der Waals surface area contributed by atoms with Crippen LogP contribution in [0, 0.1) is 0 Å². The Labute approximate surface area is 416 Å². The molecule has 0 spiro atoms. The number of methoxy groups -OCH3 is 6. The predicted molar refractivity (Wildman–Crippen MR) is 271 cm³/mol. The Morgan fingerprint density at radius 3 is 1.18 bits per heavy atom. The fourth-order valence-corrected chi connectivity index (χ4v) is 7.83. The topological polar surface area (TPSA) is 202 Å². The first-order chi connectivity index (χ1) is 34.8. The average molecular weight is 983 g/mol. The molecular weight excluding hydrogens is 925 g/mol. The normalized spacial score (nSPS) is 11.8. The highest BCUT2D eigenvalue weighted by atomic mass is 16.6. The minimum Gasteiger partial charge on any atom is -0.497 e. The third kappa shape index (κ3) is 13.1. The van der Waals surface area contributed by atoms with Crippen molar-refractivity contribution in [1.29, 1.82) is 0 Å². The highest BCUT2D eigenvalue weighted by Gasteiger charge is 2.23. The fraction of sp³-hybridized carbons (Fsp3) is 0.308. The quantitative estimate of drug-likeness (QED) is 0.0678. The zero-order chi connectivity index (χ0) is 51.3. The summed E-state index contributed by atoms with van der Waals surface area (Å²) in [6.45, 7) is 3.88. The maximum Gasteiger partial charge on any atom is 0.303 e. The lowest BCUT2D eigenvalue weighted by Gasteiger charge is -2.29. The summed E-state index contributed by atoms with van der Waals surface area (Å²) in [5.41, 5.74) is 9.35. The first kappa shape index (κ1) is 51.5. The number of carbonyl (C=O) groups excluding carboxylic acids is 2. The third-order valence-corrected chi connectivity index (χ3v) is 11.1. The summed E-state index contributed by atoms with van der Waals surface area (Å²) in [6, 6.07) is 22.8.